The van der Waals surface area contributed by atoms with E-state index in [0.717, 1.165) is 5.75 Å². The minimum Gasteiger partial charge on any atom is -0.489 e. The molecule has 0 saturated carbocycles. The Balaban J connectivity index is 2.04. The smallest absolute Gasteiger partial charge is 0.148 e. The fourth-order valence-electron chi connectivity index (χ4n) is 1.77. The van der Waals surface area contributed by atoms with Gasteiger partial charge in [-0.15, -0.1) is 0 Å². The van der Waals surface area contributed by atoms with Crippen LogP contribution in [-0.4, -0.2) is 0 Å². The molecule has 0 spiro atoms. The van der Waals surface area contributed by atoms with E-state index in [1.54, 1.807) is 12.1 Å². The molecule has 19 heavy (non-hydrogen) atoms. The second kappa shape index (κ2) is 6.07. The molecule has 0 unspecified atom stereocenters. The summed E-state index contributed by atoms with van der Waals surface area (Å²) in [5.41, 5.74) is 1.71. The minimum absolute atomic E-state index is 0.122. The summed E-state index contributed by atoms with van der Waals surface area (Å²) in [6, 6.07) is 12.8. The monoisotopic (exact) mass is 278 g/mol. The van der Waals surface area contributed by atoms with E-state index < -0.39 is 5.82 Å². The van der Waals surface area contributed by atoms with Crippen molar-refractivity contribution in [2.24, 2.45) is 0 Å². The summed E-state index contributed by atoms with van der Waals surface area (Å²) in [5.74, 6) is 0.797. The lowest BCUT2D eigenvalue weighted by Gasteiger charge is -2.10. The van der Waals surface area contributed by atoms with Gasteiger partial charge in [-0.2, -0.15) is 0 Å². The normalized spacial score (nSPS) is 10.8. The Morgan fingerprint density at radius 2 is 1.79 bits per heavy atom. The van der Waals surface area contributed by atoms with E-state index in [4.69, 9.17) is 16.3 Å². The Hall–Kier alpha value is -1.54. The van der Waals surface area contributed by atoms with Crippen LogP contribution < -0.4 is 4.74 Å². The van der Waals surface area contributed by atoms with Gasteiger partial charge in [0.05, 0.1) is 5.02 Å². The van der Waals surface area contributed by atoms with Gasteiger partial charge < -0.3 is 4.74 Å². The first-order chi connectivity index (χ1) is 9.08. The molecule has 1 nitrogen and oxygen atoms in total. The van der Waals surface area contributed by atoms with E-state index in [-0.39, 0.29) is 11.6 Å². The first-order valence-corrected chi connectivity index (χ1v) is 6.61. The van der Waals surface area contributed by atoms with Gasteiger partial charge in [0, 0.05) is 5.56 Å². The third kappa shape index (κ3) is 3.48. The lowest BCUT2D eigenvalue weighted by molar-refractivity contribution is 0.300. The summed E-state index contributed by atoms with van der Waals surface area (Å²) < 4.78 is 19.2. The largest absolute Gasteiger partial charge is 0.489 e. The minimum atomic E-state index is -0.414. The highest BCUT2D eigenvalue weighted by molar-refractivity contribution is 6.30. The number of rotatable bonds is 4. The molecule has 2 aromatic rings. The van der Waals surface area contributed by atoms with Gasteiger partial charge in [0.1, 0.15) is 18.2 Å². The molecule has 0 aliphatic heterocycles. The third-order valence-corrected chi connectivity index (χ3v) is 3.26. The van der Waals surface area contributed by atoms with Gasteiger partial charge in [-0.3, -0.25) is 0 Å². The number of hydrogen-bond acceptors (Lipinski definition) is 1. The lowest BCUT2D eigenvalue weighted by atomic mass is 10.0. The molecule has 2 aromatic carbocycles. The Bertz CT molecular complexity index is 549. The van der Waals surface area contributed by atoms with Crippen molar-refractivity contribution in [2.75, 3.05) is 0 Å². The molecule has 0 atom stereocenters. The van der Waals surface area contributed by atoms with Crippen LogP contribution in [0.1, 0.15) is 30.9 Å². The van der Waals surface area contributed by atoms with Crippen LogP contribution >= 0.6 is 11.6 Å². The zero-order valence-electron chi connectivity index (χ0n) is 11.0. The molecule has 0 aliphatic rings. The number of benzene rings is 2. The van der Waals surface area contributed by atoms with Crippen molar-refractivity contribution in [1.82, 2.24) is 0 Å². The van der Waals surface area contributed by atoms with Crippen molar-refractivity contribution in [2.45, 2.75) is 26.4 Å². The van der Waals surface area contributed by atoms with Crippen molar-refractivity contribution in [3.05, 3.63) is 64.4 Å². The summed E-state index contributed by atoms with van der Waals surface area (Å²) in [6.07, 6.45) is 0. The predicted molar refractivity (Wildman–Crippen MR) is 76.3 cm³/mol. The molecule has 0 aliphatic carbocycles. The molecule has 0 radical (unpaired) electrons. The first kappa shape index (κ1) is 13.9. The summed E-state index contributed by atoms with van der Waals surface area (Å²) >= 11 is 5.72. The molecule has 0 amide bonds. The van der Waals surface area contributed by atoms with Gasteiger partial charge >= 0.3 is 0 Å². The summed E-state index contributed by atoms with van der Waals surface area (Å²) in [5, 5.41) is 0.122. The van der Waals surface area contributed by atoms with Gasteiger partial charge in [0.15, 0.2) is 0 Å². The highest BCUT2D eigenvalue weighted by atomic mass is 35.5. The molecule has 3 heteroatoms. The predicted octanol–water partition coefficient (Wildman–Crippen LogP) is 5.18. The second-order valence-corrected chi connectivity index (χ2v) is 5.13. The van der Waals surface area contributed by atoms with Crippen LogP contribution in [0, 0.1) is 5.82 Å². The SMILES string of the molecule is CC(C)c1ccc(OCc2cccc(Cl)c2F)cc1. The van der Waals surface area contributed by atoms with Crippen LogP contribution in [0.15, 0.2) is 42.5 Å². The fraction of sp³-hybridized carbons (Fsp3) is 0.250. The Morgan fingerprint density at radius 1 is 1.11 bits per heavy atom. The third-order valence-electron chi connectivity index (χ3n) is 2.97. The highest BCUT2D eigenvalue weighted by Gasteiger charge is 2.07. The summed E-state index contributed by atoms with van der Waals surface area (Å²) in [4.78, 5) is 0. The maximum absolute atomic E-state index is 13.7. The molecule has 0 heterocycles. The van der Waals surface area contributed by atoms with Crippen LogP contribution in [-0.2, 0) is 6.61 Å². The van der Waals surface area contributed by atoms with E-state index >= 15 is 0 Å². The molecule has 0 saturated heterocycles. The lowest BCUT2D eigenvalue weighted by Crippen LogP contribution is -1.99. The number of ether oxygens (including phenoxy) is 1. The van der Waals surface area contributed by atoms with Crippen molar-refractivity contribution in [1.29, 1.82) is 0 Å². The van der Waals surface area contributed by atoms with Crippen LogP contribution in [0.25, 0.3) is 0 Å². The quantitative estimate of drug-likeness (QED) is 0.748. The average molecular weight is 279 g/mol. The van der Waals surface area contributed by atoms with Crippen LogP contribution in [0.2, 0.25) is 5.02 Å². The molecule has 0 bridgehead atoms. The molecule has 100 valence electrons. The van der Waals surface area contributed by atoms with E-state index in [9.17, 15) is 4.39 Å². The topological polar surface area (TPSA) is 9.23 Å². The van der Waals surface area contributed by atoms with E-state index in [1.807, 2.05) is 24.3 Å². The van der Waals surface area contributed by atoms with Crippen molar-refractivity contribution >= 4 is 11.6 Å². The van der Waals surface area contributed by atoms with Crippen LogP contribution in [0.5, 0.6) is 5.75 Å². The second-order valence-electron chi connectivity index (χ2n) is 4.73. The van der Waals surface area contributed by atoms with Gasteiger partial charge in [0.2, 0.25) is 0 Å². The van der Waals surface area contributed by atoms with E-state index in [2.05, 4.69) is 13.8 Å². The number of halogens is 2. The van der Waals surface area contributed by atoms with Gasteiger partial charge in [-0.05, 0) is 29.7 Å². The van der Waals surface area contributed by atoms with Gasteiger partial charge in [-0.1, -0.05) is 49.7 Å². The van der Waals surface area contributed by atoms with Crippen molar-refractivity contribution in [3.63, 3.8) is 0 Å². The summed E-state index contributed by atoms with van der Waals surface area (Å²) in [7, 11) is 0. The van der Waals surface area contributed by atoms with Crippen LogP contribution in [0.4, 0.5) is 4.39 Å². The Labute approximate surface area is 118 Å². The standard InChI is InChI=1S/C16H16ClFO/c1-11(2)12-6-8-14(9-7-12)19-10-13-4-3-5-15(17)16(13)18/h3-9,11H,10H2,1-2H3. The maximum Gasteiger partial charge on any atom is 0.148 e. The van der Waals surface area contributed by atoms with Crippen LogP contribution in [0.3, 0.4) is 0 Å². The molecule has 0 fully saturated rings. The fourth-order valence-corrected chi connectivity index (χ4v) is 1.96. The van der Waals surface area contributed by atoms with Gasteiger partial charge in [0.25, 0.3) is 0 Å². The van der Waals surface area contributed by atoms with E-state index in [0.29, 0.717) is 11.5 Å². The van der Waals surface area contributed by atoms with Gasteiger partial charge in [-0.25, -0.2) is 4.39 Å². The van der Waals surface area contributed by atoms with E-state index in [1.165, 1.54) is 11.6 Å². The first-order valence-electron chi connectivity index (χ1n) is 6.23. The molecule has 0 N–H and O–H groups in total. The van der Waals surface area contributed by atoms with Crippen molar-refractivity contribution < 1.29 is 9.13 Å². The zero-order chi connectivity index (χ0) is 13.8. The number of hydrogen-bond donors (Lipinski definition) is 0. The maximum atomic E-state index is 13.7. The Morgan fingerprint density at radius 3 is 2.42 bits per heavy atom. The highest BCUT2D eigenvalue weighted by Crippen LogP contribution is 2.22. The Kier molecular flexibility index (Phi) is 4.43. The summed E-state index contributed by atoms with van der Waals surface area (Å²) in [6.45, 7) is 4.45. The molecule has 2 rings (SSSR count). The molecular formula is C16H16ClFO. The zero-order valence-corrected chi connectivity index (χ0v) is 11.7. The average Bonchev–Trinajstić information content (AvgIpc) is 2.41. The van der Waals surface area contributed by atoms with Crippen molar-refractivity contribution in [3.8, 4) is 5.75 Å². The molecular weight excluding hydrogens is 263 g/mol. The molecule has 0 aromatic heterocycles.